The van der Waals surface area contributed by atoms with Gasteiger partial charge < -0.3 is 5.32 Å². The molecule has 0 radical (unpaired) electrons. The molecule has 7 heteroatoms. The molecule has 0 saturated heterocycles. The molecule has 0 heterocycles. The van der Waals surface area contributed by atoms with Gasteiger partial charge in [-0.3, -0.25) is 4.79 Å². The molecule has 0 atom stereocenters. The quantitative estimate of drug-likeness (QED) is 0.741. The Hall–Kier alpha value is -1.91. The van der Waals surface area contributed by atoms with Gasteiger partial charge in [-0.25, -0.2) is 13.1 Å². The van der Waals surface area contributed by atoms with Gasteiger partial charge in [0, 0.05) is 25.1 Å². The van der Waals surface area contributed by atoms with Crippen LogP contribution in [0, 0.1) is 17.2 Å². The van der Waals surface area contributed by atoms with Crippen molar-refractivity contribution in [3.8, 4) is 6.07 Å². The van der Waals surface area contributed by atoms with E-state index in [9.17, 15) is 13.2 Å². The molecule has 21 heavy (non-hydrogen) atoms. The van der Waals surface area contributed by atoms with Crippen LogP contribution in [0.4, 0.5) is 0 Å². The molecule has 0 aliphatic carbocycles. The second kappa shape index (κ2) is 7.76. The summed E-state index contributed by atoms with van der Waals surface area (Å²) in [6, 6.07) is 7.54. The molecule has 0 saturated carbocycles. The maximum absolute atomic E-state index is 11.9. The Morgan fingerprint density at radius 3 is 2.43 bits per heavy atom. The van der Waals surface area contributed by atoms with E-state index in [-0.39, 0.29) is 23.8 Å². The first-order valence-corrected chi connectivity index (χ1v) is 8.10. The van der Waals surface area contributed by atoms with Gasteiger partial charge in [0.1, 0.15) is 0 Å². The number of carbonyl (C=O) groups excluding carboxylic acids is 1. The molecule has 0 aliphatic rings. The molecule has 0 aliphatic heterocycles. The average molecular weight is 309 g/mol. The third-order valence-corrected chi connectivity index (χ3v) is 4.10. The highest BCUT2D eigenvalue weighted by Crippen LogP contribution is 2.10. The summed E-state index contributed by atoms with van der Waals surface area (Å²) < 4.78 is 26.1. The lowest BCUT2D eigenvalue weighted by atomic mass is 10.2. The molecule has 0 aromatic heterocycles. The standard InChI is InChI=1S/C14H19N3O3S/c1-11(2)10-16-14(18)12-4-6-13(7-5-12)21(19,20)17-9-3-8-15/h4-7,11,17H,3,9-10H2,1-2H3,(H,16,18). The number of rotatable bonds is 7. The first kappa shape index (κ1) is 17.1. The number of benzene rings is 1. The minimum atomic E-state index is -3.63. The third kappa shape index (κ3) is 5.53. The molecule has 114 valence electrons. The average Bonchev–Trinajstić information content (AvgIpc) is 2.45. The zero-order chi connectivity index (χ0) is 15.9. The molecule has 1 rings (SSSR count). The van der Waals surface area contributed by atoms with Crippen molar-refractivity contribution in [3.63, 3.8) is 0 Å². The largest absolute Gasteiger partial charge is 0.352 e. The Morgan fingerprint density at radius 1 is 1.29 bits per heavy atom. The van der Waals surface area contributed by atoms with Crippen LogP contribution in [0.2, 0.25) is 0 Å². The number of sulfonamides is 1. The van der Waals surface area contributed by atoms with Gasteiger partial charge in [-0.05, 0) is 30.2 Å². The van der Waals surface area contributed by atoms with Gasteiger partial charge in [0.25, 0.3) is 5.91 Å². The SMILES string of the molecule is CC(C)CNC(=O)c1ccc(S(=O)(=O)NCCC#N)cc1. The lowest BCUT2D eigenvalue weighted by Gasteiger charge is -2.09. The predicted molar refractivity (Wildman–Crippen MR) is 79.0 cm³/mol. The lowest BCUT2D eigenvalue weighted by molar-refractivity contribution is 0.0949. The van der Waals surface area contributed by atoms with E-state index in [1.54, 1.807) is 0 Å². The van der Waals surface area contributed by atoms with Crippen LogP contribution in [-0.2, 0) is 10.0 Å². The summed E-state index contributed by atoms with van der Waals surface area (Å²) in [4.78, 5) is 11.9. The Kier molecular flexibility index (Phi) is 6.34. The maximum atomic E-state index is 11.9. The molecule has 1 aromatic rings. The molecule has 6 nitrogen and oxygen atoms in total. The van der Waals surface area contributed by atoms with Crippen molar-refractivity contribution in [2.45, 2.75) is 25.2 Å². The second-order valence-electron chi connectivity index (χ2n) is 4.93. The van der Waals surface area contributed by atoms with Crippen molar-refractivity contribution in [1.82, 2.24) is 10.0 Å². The Balaban J connectivity index is 2.73. The number of hydrogen-bond donors (Lipinski definition) is 2. The number of hydrogen-bond acceptors (Lipinski definition) is 4. The summed E-state index contributed by atoms with van der Waals surface area (Å²) in [5.74, 6) is 0.114. The normalized spacial score (nSPS) is 11.1. The van der Waals surface area contributed by atoms with Gasteiger partial charge in [0.15, 0.2) is 0 Å². The van der Waals surface area contributed by atoms with Gasteiger partial charge in [0.05, 0.1) is 11.0 Å². The van der Waals surface area contributed by atoms with Crippen molar-refractivity contribution >= 4 is 15.9 Å². The molecular formula is C14H19N3O3S. The molecular weight excluding hydrogens is 290 g/mol. The smallest absolute Gasteiger partial charge is 0.251 e. The first-order valence-electron chi connectivity index (χ1n) is 6.61. The zero-order valence-corrected chi connectivity index (χ0v) is 12.9. The van der Waals surface area contributed by atoms with Crippen LogP contribution in [0.15, 0.2) is 29.2 Å². The molecule has 0 fully saturated rings. The Bertz CT molecular complexity index is 616. The summed E-state index contributed by atoms with van der Waals surface area (Å²) in [5.41, 5.74) is 0.409. The van der Waals surface area contributed by atoms with Crippen LogP contribution in [0.3, 0.4) is 0 Å². The molecule has 0 spiro atoms. The molecule has 2 N–H and O–H groups in total. The van der Waals surface area contributed by atoms with Gasteiger partial charge in [-0.1, -0.05) is 13.8 Å². The monoisotopic (exact) mass is 309 g/mol. The summed E-state index contributed by atoms with van der Waals surface area (Å²) in [6.45, 7) is 4.61. The predicted octanol–water partition coefficient (Wildman–Crippen LogP) is 1.26. The van der Waals surface area contributed by atoms with E-state index in [2.05, 4.69) is 10.0 Å². The van der Waals surface area contributed by atoms with Crippen molar-refractivity contribution in [2.24, 2.45) is 5.92 Å². The van der Waals surface area contributed by atoms with Gasteiger partial charge in [-0.15, -0.1) is 0 Å². The van der Waals surface area contributed by atoms with Crippen molar-refractivity contribution in [2.75, 3.05) is 13.1 Å². The van der Waals surface area contributed by atoms with E-state index in [0.29, 0.717) is 18.0 Å². The zero-order valence-electron chi connectivity index (χ0n) is 12.1. The summed E-state index contributed by atoms with van der Waals surface area (Å²) in [6.07, 6.45) is 0.106. The van der Waals surface area contributed by atoms with E-state index in [1.165, 1.54) is 24.3 Å². The van der Waals surface area contributed by atoms with Crippen LogP contribution in [0.5, 0.6) is 0 Å². The van der Waals surface area contributed by atoms with Crippen molar-refractivity contribution in [3.05, 3.63) is 29.8 Å². The van der Waals surface area contributed by atoms with E-state index in [4.69, 9.17) is 5.26 Å². The van der Waals surface area contributed by atoms with Gasteiger partial charge in [0.2, 0.25) is 10.0 Å². The van der Waals surface area contributed by atoms with Crippen LogP contribution < -0.4 is 10.0 Å². The molecule has 1 amide bonds. The fourth-order valence-corrected chi connectivity index (χ4v) is 2.54. The first-order chi connectivity index (χ1) is 9.86. The number of nitriles is 1. The van der Waals surface area contributed by atoms with E-state index in [0.717, 1.165) is 0 Å². The Labute approximate surface area is 125 Å². The van der Waals surface area contributed by atoms with Crippen molar-refractivity contribution in [1.29, 1.82) is 5.26 Å². The van der Waals surface area contributed by atoms with Crippen LogP contribution in [0.1, 0.15) is 30.6 Å². The number of carbonyl (C=O) groups is 1. The number of nitrogens with zero attached hydrogens (tertiary/aromatic N) is 1. The minimum Gasteiger partial charge on any atom is -0.352 e. The summed E-state index contributed by atoms with van der Waals surface area (Å²) in [5, 5.41) is 11.1. The van der Waals surface area contributed by atoms with E-state index < -0.39 is 10.0 Å². The Morgan fingerprint density at radius 2 is 1.90 bits per heavy atom. The van der Waals surface area contributed by atoms with Gasteiger partial charge >= 0.3 is 0 Å². The van der Waals surface area contributed by atoms with Gasteiger partial charge in [-0.2, -0.15) is 5.26 Å². The summed E-state index contributed by atoms with van der Waals surface area (Å²) in [7, 11) is -3.63. The maximum Gasteiger partial charge on any atom is 0.251 e. The van der Waals surface area contributed by atoms with Crippen LogP contribution in [0.25, 0.3) is 0 Å². The van der Waals surface area contributed by atoms with Crippen LogP contribution in [-0.4, -0.2) is 27.4 Å². The fourth-order valence-electron chi connectivity index (χ4n) is 1.51. The van der Waals surface area contributed by atoms with E-state index >= 15 is 0 Å². The number of amides is 1. The molecule has 1 aromatic carbocycles. The highest BCUT2D eigenvalue weighted by atomic mass is 32.2. The number of nitrogens with one attached hydrogen (secondary N) is 2. The summed E-state index contributed by atoms with van der Waals surface area (Å²) >= 11 is 0. The van der Waals surface area contributed by atoms with Crippen molar-refractivity contribution < 1.29 is 13.2 Å². The highest BCUT2D eigenvalue weighted by molar-refractivity contribution is 7.89. The highest BCUT2D eigenvalue weighted by Gasteiger charge is 2.14. The van der Waals surface area contributed by atoms with E-state index in [1.807, 2.05) is 19.9 Å². The second-order valence-corrected chi connectivity index (χ2v) is 6.70. The lowest BCUT2D eigenvalue weighted by Crippen LogP contribution is -2.27. The molecule has 0 bridgehead atoms. The minimum absolute atomic E-state index is 0.0649. The van der Waals surface area contributed by atoms with Crippen LogP contribution >= 0.6 is 0 Å². The third-order valence-electron chi connectivity index (χ3n) is 2.63. The molecule has 0 unspecified atom stereocenters. The fraction of sp³-hybridized carbons (Fsp3) is 0.429. The topological polar surface area (TPSA) is 99.1 Å².